The lowest BCUT2D eigenvalue weighted by atomic mass is 9.88. The molecule has 0 radical (unpaired) electrons. The van der Waals surface area contributed by atoms with Gasteiger partial charge in [-0.25, -0.2) is 9.59 Å². The van der Waals surface area contributed by atoms with Gasteiger partial charge in [0.1, 0.15) is 5.00 Å². The molecule has 0 unspecified atom stereocenters. The van der Waals surface area contributed by atoms with Crippen molar-refractivity contribution in [1.29, 1.82) is 0 Å². The van der Waals surface area contributed by atoms with Crippen LogP contribution in [0.4, 0.5) is 9.80 Å². The number of hydrogen-bond acceptors (Lipinski definition) is 6. The molecule has 1 saturated carbocycles. The van der Waals surface area contributed by atoms with Crippen LogP contribution in [0.5, 0.6) is 0 Å². The van der Waals surface area contributed by atoms with Crippen LogP contribution in [0.25, 0.3) is 0 Å². The Bertz CT molecular complexity index is 724. The average Bonchev–Trinajstić information content (AvgIpc) is 3.05. The maximum atomic E-state index is 12.7. The van der Waals surface area contributed by atoms with Gasteiger partial charge in [0, 0.05) is 17.3 Å². The van der Waals surface area contributed by atoms with Crippen molar-refractivity contribution in [1.82, 2.24) is 4.90 Å². The highest BCUT2D eigenvalue weighted by Gasteiger charge is 2.32. The maximum Gasteiger partial charge on any atom is 0.409 e. The third-order valence-corrected chi connectivity index (χ3v) is 6.31. The first kappa shape index (κ1) is 19.7. The second-order valence-electron chi connectivity index (χ2n) is 6.89. The summed E-state index contributed by atoms with van der Waals surface area (Å²) in [5.74, 6) is -0.441. The molecule has 2 aliphatic rings. The third kappa shape index (κ3) is 4.26. The van der Waals surface area contributed by atoms with Gasteiger partial charge in [-0.1, -0.05) is 19.3 Å². The first-order chi connectivity index (χ1) is 13.0. The lowest BCUT2D eigenvalue weighted by Crippen LogP contribution is -2.35. The molecule has 2 heterocycles. The summed E-state index contributed by atoms with van der Waals surface area (Å²) >= 11 is 1.36. The van der Waals surface area contributed by atoms with E-state index in [9.17, 15) is 14.4 Å². The van der Waals surface area contributed by atoms with Crippen molar-refractivity contribution in [2.45, 2.75) is 52.0 Å². The molecule has 0 aromatic carbocycles. The van der Waals surface area contributed by atoms with Crippen LogP contribution < -0.4 is 5.32 Å². The fourth-order valence-electron chi connectivity index (χ4n) is 3.77. The summed E-state index contributed by atoms with van der Waals surface area (Å²) in [6, 6.07) is 0. The topological polar surface area (TPSA) is 84.9 Å². The summed E-state index contributed by atoms with van der Waals surface area (Å²) in [7, 11) is 1.35. The lowest BCUT2D eigenvalue weighted by Gasteiger charge is -2.25. The van der Waals surface area contributed by atoms with Gasteiger partial charge in [-0.2, -0.15) is 0 Å². The molecule has 7 nitrogen and oxygen atoms in total. The van der Waals surface area contributed by atoms with E-state index in [1.807, 2.05) is 0 Å². The van der Waals surface area contributed by atoms with Gasteiger partial charge >= 0.3 is 12.1 Å². The second-order valence-corrected chi connectivity index (χ2v) is 8.00. The molecular formula is C19H26N2O5S. The number of nitrogens with one attached hydrogen (secondary N) is 1. The summed E-state index contributed by atoms with van der Waals surface area (Å²) in [5, 5.41) is 3.52. The number of thiophene rings is 1. The predicted octanol–water partition coefficient (Wildman–Crippen LogP) is 3.57. The fraction of sp³-hybridized carbons (Fsp3) is 0.632. The minimum Gasteiger partial charge on any atom is -0.462 e. The quantitative estimate of drug-likeness (QED) is 0.789. The van der Waals surface area contributed by atoms with Gasteiger partial charge in [-0.05, 0) is 31.7 Å². The van der Waals surface area contributed by atoms with Crippen LogP contribution in [-0.2, 0) is 27.2 Å². The SMILES string of the molecule is CCOC(=O)c1c(NC(=O)C2CCCCC2)sc2c1CCN(C(=O)OC)C2. The van der Waals surface area contributed by atoms with Gasteiger partial charge < -0.3 is 19.7 Å². The predicted molar refractivity (Wildman–Crippen MR) is 102 cm³/mol. The molecule has 2 amide bonds. The van der Waals surface area contributed by atoms with E-state index in [0.29, 0.717) is 30.1 Å². The molecule has 1 aliphatic carbocycles. The molecule has 1 fully saturated rings. The Balaban J connectivity index is 1.86. The summed E-state index contributed by atoms with van der Waals surface area (Å²) in [6.07, 6.45) is 5.24. The van der Waals surface area contributed by atoms with Gasteiger partial charge in [0.15, 0.2) is 0 Å². The number of methoxy groups -OCH3 is 1. The summed E-state index contributed by atoms with van der Waals surface area (Å²) in [6.45, 7) is 2.88. The number of esters is 1. The standard InChI is InChI=1S/C19H26N2O5S/c1-3-26-18(23)15-13-9-10-21(19(24)25-2)11-14(13)27-17(15)20-16(22)12-7-5-4-6-8-12/h12H,3-11H2,1-2H3,(H,20,22). The molecule has 1 aromatic heterocycles. The monoisotopic (exact) mass is 394 g/mol. The van der Waals surface area contributed by atoms with Crippen LogP contribution >= 0.6 is 11.3 Å². The number of carbonyl (C=O) groups excluding carboxylic acids is 3. The lowest BCUT2D eigenvalue weighted by molar-refractivity contribution is -0.120. The van der Waals surface area contributed by atoms with Crippen LogP contribution in [0.1, 0.15) is 59.8 Å². The van der Waals surface area contributed by atoms with E-state index >= 15 is 0 Å². The first-order valence-corrected chi connectivity index (χ1v) is 10.3. The van der Waals surface area contributed by atoms with Gasteiger partial charge in [0.05, 0.1) is 25.8 Å². The van der Waals surface area contributed by atoms with Gasteiger partial charge in [0.2, 0.25) is 5.91 Å². The molecular weight excluding hydrogens is 368 g/mol. The molecule has 1 aromatic rings. The van der Waals surface area contributed by atoms with E-state index in [1.165, 1.54) is 24.9 Å². The van der Waals surface area contributed by atoms with Crippen molar-refractivity contribution >= 4 is 34.3 Å². The Hall–Kier alpha value is -2.09. The Morgan fingerprint density at radius 1 is 1.22 bits per heavy atom. The Morgan fingerprint density at radius 2 is 1.96 bits per heavy atom. The number of ether oxygens (including phenoxy) is 2. The van der Waals surface area contributed by atoms with E-state index in [1.54, 1.807) is 11.8 Å². The van der Waals surface area contributed by atoms with Gasteiger partial charge in [-0.15, -0.1) is 11.3 Å². The van der Waals surface area contributed by atoms with Crippen molar-refractivity contribution in [3.05, 3.63) is 16.0 Å². The molecule has 1 aliphatic heterocycles. The fourth-order valence-corrected chi connectivity index (χ4v) is 5.03. The zero-order chi connectivity index (χ0) is 19.4. The highest BCUT2D eigenvalue weighted by Crippen LogP contribution is 2.38. The summed E-state index contributed by atoms with van der Waals surface area (Å²) in [4.78, 5) is 39.6. The van der Waals surface area contributed by atoms with E-state index in [4.69, 9.17) is 9.47 Å². The Labute approximate surface area is 163 Å². The molecule has 0 atom stereocenters. The molecule has 1 N–H and O–H groups in total. The molecule has 148 valence electrons. The first-order valence-electron chi connectivity index (χ1n) is 9.50. The normalized spacial score (nSPS) is 17.2. The average molecular weight is 394 g/mol. The number of fused-ring (bicyclic) bond motifs is 1. The number of anilines is 1. The second kappa shape index (κ2) is 8.73. The molecule has 0 bridgehead atoms. The molecule has 3 rings (SSSR count). The van der Waals surface area contributed by atoms with Crippen molar-refractivity contribution < 1.29 is 23.9 Å². The van der Waals surface area contributed by atoms with Crippen LogP contribution in [-0.4, -0.2) is 43.1 Å². The van der Waals surface area contributed by atoms with Crippen molar-refractivity contribution in [2.24, 2.45) is 5.92 Å². The highest BCUT2D eigenvalue weighted by atomic mass is 32.1. The number of carbonyl (C=O) groups is 3. The van der Waals surface area contributed by atoms with Crippen molar-refractivity contribution in [2.75, 3.05) is 25.6 Å². The summed E-state index contributed by atoms with van der Waals surface area (Å²) in [5.41, 5.74) is 1.32. The van der Waals surface area contributed by atoms with Crippen LogP contribution in [0, 0.1) is 5.92 Å². The van der Waals surface area contributed by atoms with Gasteiger partial charge in [-0.3, -0.25) is 4.79 Å². The molecule has 0 spiro atoms. The van der Waals surface area contributed by atoms with E-state index in [0.717, 1.165) is 36.1 Å². The van der Waals surface area contributed by atoms with Crippen LogP contribution in [0.3, 0.4) is 0 Å². The Morgan fingerprint density at radius 3 is 2.63 bits per heavy atom. The highest BCUT2D eigenvalue weighted by molar-refractivity contribution is 7.17. The summed E-state index contributed by atoms with van der Waals surface area (Å²) < 4.78 is 10.0. The molecule has 8 heteroatoms. The maximum absolute atomic E-state index is 12.7. The van der Waals surface area contributed by atoms with E-state index in [-0.39, 0.29) is 24.5 Å². The third-order valence-electron chi connectivity index (χ3n) is 5.18. The van der Waals surface area contributed by atoms with Crippen molar-refractivity contribution in [3.63, 3.8) is 0 Å². The van der Waals surface area contributed by atoms with Crippen LogP contribution in [0.15, 0.2) is 0 Å². The zero-order valence-electron chi connectivity index (χ0n) is 15.8. The minimum atomic E-state index is -0.416. The zero-order valence-corrected chi connectivity index (χ0v) is 16.7. The minimum absolute atomic E-state index is 0.000471. The number of rotatable bonds is 4. The van der Waals surface area contributed by atoms with Crippen LogP contribution in [0.2, 0.25) is 0 Å². The number of nitrogens with zero attached hydrogens (tertiary/aromatic N) is 1. The van der Waals surface area contributed by atoms with Gasteiger partial charge in [0.25, 0.3) is 0 Å². The van der Waals surface area contributed by atoms with E-state index < -0.39 is 5.97 Å². The molecule has 27 heavy (non-hydrogen) atoms. The Kier molecular flexibility index (Phi) is 6.36. The number of amides is 2. The smallest absolute Gasteiger partial charge is 0.409 e. The van der Waals surface area contributed by atoms with E-state index in [2.05, 4.69) is 5.32 Å². The largest absolute Gasteiger partial charge is 0.462 e. The number of hydrogen-bond donors (Lipinski definition) is 1. The van der Waals surface area contributed by atoms with Crippen molar-refractivity contribution in [3.8, 4) is 0 Å². The molecule has 0 saturated heterocycles.